The zero-order chi connectivity index (χ0) is 13.9. The van der Waals surface area contributed by atoms with Gasteiger partial charge in [0.1, 0.15) is 5.60 Å². The van der Waals surface area contributed by atoms with Gasteiger partial charge in [0.25, 0.3) is 0 Å². The Hall–Kier alpha value is -0.690. The maximum atomic E-state index is 12.0. The first kappa shape index (κ1) is 14.7. The summed E-state index contributed by atoms with van der Waals surface area (Å²) in [6.45, 7) is 6.61. The Balaban J connectivity index is 1.69. The molecular weight excluding hydrogens is 246 g/mol. The van der Waals surface area contributed by atoms with E-state index in [4.69, 9.17) is 4.74 Å². The van der Waals surface area contributed by atoms with Crippen molar-refractivity contribution in [1.29, 1.82) is 0 Å². The van der Waals surface area contributed by atoms with Gasteiger partial charge in [-0.2, -0.15) is 0 Å². The quantitative estimate of drug-likeness (QED) is 0.679. The van der Waals surface area contributed by atoms with E-state index >= 15 is 0 Å². The van der Waals surface area contributed by atoms with Gasteiger partial charge in [-0.25, -0.2) is 0 Å². The van der Waals surface area contributed by atoms with E-state index in [9.17, 15) is 9.90 Å². The third-order valence-corrected chi connectivity index (χ3v) is 4.22. The zero-order valence-electron chi connectivity index (χ0n) is 11.9. The molecule has 2 aliphatic heterocycles. The molecule has 0 aromatic rings. The zero-order valence-corrected chi connectivity index (χ0v) is 11.9. The second kappa shape index (κ2) is 6.17. The first-order valence-corrected chi connectivity index (χ1v) is 7.02. The van der Waals surface area contributed by atoms with Gasteiger partial charge in [-0.05, 0) is 14.0 Å². The molecule has 2 rings (SSSR count). The van der Waals surface area contributed by atoms with Gasteiger partial charge in [-0.1, -0.05) is 0 Å². The molecule has 2 unspecified atom stereocenters. The third-order valence-electron chi connectivity index (χ3n) is 4.22. The van der Waals surface area contributed by atoms with Crippen molar-refractivity contribution in [1.82, 2.24) is 15.1 Å². The first-order valence-electron chi connectivity index (χ1n) is 7.02. The van der Waals surface area contributed by atoms with Crippen molar-refractivity contribution in [3.05, 3.63) is 0 Å². The summed E-state index contributed by atoms with van der Waals surface area (Å²) in [6.07, 6.45) is 0.461. The molecule has 19 heavy (non-hydrogen) atoms. The Labute approximate surface area is 114 Å². The number of piperazine rings is 1. The van der Waals surface area contributed by atoms with E-state index in [1.807, 2.05) is 11.8 Å². The van der Waals surface area contributed by atoms with Crippen molar-refractivity contribution in [2.24, 2.45) is 0 Å². The number of rotatable bonds is 4. The summed E-state index contributed by atoms with van der Waals surface area (Å²) in [7, 11) is 2.07. The summed E-state index contributed by atoms with van der Waals surface area (Å²) in [5, 5.41) is 13.4. The van der Waals surface area contributed by atoms with Crippen LogP contribution in [0.4, 0.5) is 0 Å². The molecule has 2 N–H and O–H groups in total. The minimum absolute atomic E-state index is 0.114. The summed E-state index contributed by atoms with van der Waals surface area (Å²) < 4.78 is 5.36. The summed E-state index contributed by atoms with van der Waals surface area (Å²) in [6, 6.07) is 0. The van der Waals surface area contributed by atoms with Crippen LogP contribution >= 0.6 is 0 Å². The Morgan fingerprint density at radius 2 is 2.11 bits per heavy atom. The second-order valence-corrected chi connectivity index (χ2v) is 5.65. The van der Waals surface area contributed by atoms with Crippen molar-refractivity contribution >= 4 is 5.91 Å². The van der Waals surface area contributed by atoms with Crippen LogP contribution in [-0.2, 0) is 9.53 Å². The van der Waals surface area contributed by atoms with E-state index in [-0.39, 0.29) is 12.0 Å². The van der Waals surface area contributed by atoms with Gasteiger partial charge in [0.2, 0.25) is 5.91 Å². The molecule has 0 bridgehead atoms. The molecule has 0 aromatic heterocycles. The van der Waals surface area contributed by atoms with Crippen LogP contribution in [0.15, 0.2) is 0 Å². The van der Waals surface area contributed by atoms with E-state index in [2.05, 4.69) is 17.3 Å². The largest absolute Gasteiger partial charge is 0.386 e. The minimum Gasteiger partial charge on any atom is -0.386 e. The van der Waals surface area contributed by atoms with Gasteiger partial charge in [-0.15, -0.1) is 0 Å². The van der Waals surface area contributed by atoms with Crippen molar-refractivity contribution in [2.45, 2.75) is 25.0 Å². The molecular formula is C13H25N3O3. The average Bonchev–Trinajstić information content (AvgIpc) is 2.70. The van der Waals surface area contributed by atoms with Gasteiger partial charge in [0.15, 0.2) is 0 Å². The van der Waals surface area contributed by atoms with Crippen LogP contribution in [0, 0.1) is 0 Å². The lowest BCUT2D eigenvalue weighted by Crippen LogP contribution is -2.52. The summed E-state index contributed by atoms with van der Waals surface area (Å²) in [5.41, 5.74) is -0.831. The molecule has 2 fully saturated rings. The maximum absolute atomic E-state index is 12.0. The molecule has 1 amide bonds. The molecule has 0 saturated carbocycles. The van der Waals surface area contributed by atoms with Crippen LogP contribution in [0.3, 0.4) is 0 Å². The summed E-state index contributed by atoms with van der Waals surface area (Å²) >= 11 is 0. The number of amides is 1. The van der Waals surface area contributed by atoms with E-state index in [0.717, 1.165) is 26.2 Å². The molecule has 2 atom stereocenters. The number of nitrogens with one attached hydrogen (secondary N) is 1. The molecule has 0 spiro atoms. The van der Waals surface area contributed by atoms with Crippen LogP contribution in [0.1, 0.15) is 13.3 Å². The molecule has 2 saturated heterocycles. The van der Waals surface area contributed by atoms with Crippen LogP contribution in [0.5, 0.6) is 0 Å². The number of aliphatic hydroxyl groups is 1. The smallest absolute Gasteiger partial charge is 0.236 e. The van der Waals surface area contributed by atoms with Gasteiger partial charge >= 0.3 is 0 Å². The van der Waals surface area contributed by atoms with Crippen LogP contribution in [0.25, 0.3) is 0 Å². The number of hydrogen-bond donors (Lipinski definition) is 2. The highest BCUT2D eigenvalue weighted by atomic mass is 16.5. The highest BCUT2D eigenvalue weighted by molar-refractivity contribution is 5.78. The van der Waals surface area contributed by atoms with Crippen molar-refractivity contribution in [3.63, 3.8) is 0 Å². The molecule has 6 nitrogen and oxygen atoms in total. The topological polar surface area (TPSA) is 65.0 Å². The molecule has 0 aliphatic carbocycles. The molecule has 2 aliphatic rings. The minimum atomic E-state index is -0.831. The Morgan fingerprint density at radius 1 is 1.42 bits per heavy atom. The van der Waals surface area contributed by atoms with Gasteiger partial charge in [-0.3, -0.25) is 4.79 Å². The highest BCUT2D eigenvalue weighted by Gasteiger charge is 2.39. The number of hydrogen-bond acceptors (Lipinski definition) is 5. The van der Waals surface area contributed by atoms with Crippen LogP contribution in [-0.4, -0.2) is 85.4 Å². The number of ether oxygens (including phenoxy) is 1. The predicted molar refractivity (Wildman–Crippen MR) is 71.9 cm³/mol. The Bertz CT molecular complexity index is 318. The SMILES string of the molecule is CC1OCCC1(O)CNCC(=O)N1CCN(C)CC1. The standard InChI is InChI=1S/C13H25N3O3/c1-11-13(18,3-8-19-11)10-14-9-12(17)16-6-4-15(2)5-7-16/h11,14,18H,3-10H2,1-2H3. The average molecular weight is 271 g/mol. The van der Waals surface area contributed by atoms with Crippen molar-refractivity contribution in [3.8, 4) is 0 Å². The molecule has 2 heterocycles. The number of likely N-dealkylation sites (N-methyl/N-ethyl adjacent to an activating group) is 1. The Kier molecular flexibility index (Phi) is 4.78. The fourth-order valence-corrected chi connectivity index (χ4v) is 2.56. The van der Waals surface area contributed by atoms with E-state index in [1.165, 1.54) is 0 Å². The fourth-order valence-electron chi connectivity index (χ4n) is 2.56. The molecule has 0 aromatic carbocycles. The van der Waals surface area contributed by atoms with Crippen molar-refractivity contribution in [2.75, 3.05) is 52.9 Å². The predicted octanol–water partition coefficient (Wildman–Crippen LogP) is -1.11. The molecule has 6 heteroatoms. The summed E-state index contributed by atoms with van der Waals surface area (Å²) in [4.78, 5) is 16.1. The fraction of sp³-hybridized carbons (Fsp3) is 0.923. The van der Waals surface area contributed by atoms with Gasteiger partial charge < -0.3 is 25.0 Å². The lowest BCUT2D eigenvalue weighted by Gasteiger charge is -2.33. The van der Waals surface area contributed by atoms with Crippen LogP contribution < -0.4 is 5.32 Å². The van der Waals surface area contributed by atoms with E-state index in [1.54, 1.807) is 0 Å². The normalized spacial score (nSPS) is 32.8. The maximum Gasteiger partial charge on any atom is 0.236 e. The lowest BCUT2D eigenvalue weighted by atomic mass is 9.97. The summed E-state index contributed by atoms with van der Waals surface area (Å²) in [5.74, 6) is 0.114. The molecule has 0 radical (unpaired) electrons. The van der Waals surface area contributed by atoms with Gasteiger partial charge in [0.05, 0.1) is 12.6 Å². The first-order chi connectivity index (χ1) is 9.01. The second-order valence-electron chi connectivity index (χ2n) is 5.65. The Morgan fingerprint density at radius 3 is 2.68 bits per heavy atom. The number of carbonyl (C=O) groups excluding carboxylic acids is 1. The van der Waals surface area contributed by atoms with Gasteiger partial charge in [0, 0.05) is 45.8 Å². The lowest BCUT2D eigenvalue weighted by molar-refractivity contribution is -0.132. The van der Waals surface area contributed by atoms with E-state index < -0.39 is 5.60 Å². The van der Waals surface area contributed by atoms with E-state index in [0.29, 0.717) is 26.1 Å². The number of nitrogens with zero attached hydrogens (tertiary/aromatic N) is 2. The third kappa shape index (κ3) is 3.66. The monoisotopic (exact) mass is 271 g/mol. The van der Waals surface area contributed by atoms with Crippen LogP contribution in [0.2, 0.25) is 0 Å². The number of carbonyl (C=O) groups is 1. The van der Waals surface area contributed by atoms with Crippen molar-refractivity contribution < 1.29 is 14.6 Å². The molecule has 110 valence electrons. The highest BCUT2D eigenvalue weighted by Crippen LogP contribution is 2.24.